The lowest BCUT2D eigenvalue weighted by Gasteiger charge is -2.28. The van der Waals surface area contributed by atoms with Crippen LogP contribution in [0.2, 0.25) is 0 Å². The third-order valence-electron chi connectivity index (χ3n) is 6.85. The van der Waals surface area contributed by atoms with E-state index in [9.17, 15) is 29.4 Å². The molecule has 3 atom stereocenters. The molecule has 10 heteroatoms. The molecule has 0 saturated carbocycles. The minimum atomic E-state index is -1.19. The van der Waals surface area contributed by atoms with Crippen LogP contribution in [0, 0.1) is 5.92 Å². The number of carboxylic acids is 2. The van der Waals surface area contributed by atoms with E-state index < -0.39 is 29.9 Å². The topological polar surface area (TPSA) is 148 Å². The first-order valence-corrected chi connectivity index (χ1v) is 13.4. The van der Waals surface area contributed by atoms with Crippen LogP contribution in [-0.2, 0) is 20.8 Å². The molecule has 210 valence electrons. The number of urea groups is 1. The van der Waals surface area contributed by atoms with Gasteiger partial charge in [0.05, 0.1) is 12.0 Å². The Morgan fingerprint density at radius 2 is 1.69 bits per heavy atom. The number of aliphatic carboxylic acids is 2. The maximum atomic E-state index is 13.2. The first-order chi connectivity index (χ1) is 18.8. The monoisotopic (exact) mass is 538 g/mol. The maximum absolute atomic E-state index is 13.2. The number of benzene rings is 2. The Morgan fingerprint density at radius 3 is 2.28 bits per heavy atom. The highest BCUT2D eigenvalue weighted by atomic mass is 16.4. The van der Waals surface area contributed by atoms with Crippen molar-refractivity contribution < 1.29 is 29.4 Å². The number of nitrogens with zero attached hydrogens (tertiary/aromatic N) is 1. The molecule has 10 nitrogen and oxygen atoms in total. The molecule has 3 rings (SSSR count). The quantitative estimate of drug-likeness (QED) is 0.248. The minimum Gasteiger partial charge on any atom is -0.481 e. The molecule has 1 heterocycles. The van der Waals surface area contributed by atoms with Crippen LogP contribution in [-0.4, -0.2) is 77.3 Å². The summed E-state index contributed by atoms with van der Waals surface area (Å²) in [6.45, 7) is 2.67. The van der Waals surface area contributed by atoms with Gasteiger partial charge >= 0.3 is 18.0 Å². The van der Waals surface area contributed by atoms with Gasteiger partial charge in [0, 0.05) is 26.1 Å². The van der Waals surface area contributed by atoms with Crippen LogP contribution in [0.3, 0.4) is 0 Å². The van der Waals surface area contributed by atoms with E-state index >= 15 is 0 Å². The molecule has 3 amide bonds. The summed E-state index contributed by atoms with van der Waals surface area (Å²) >= 11 is 0. The first-order valence-electron chi connectivity index (χ1n) is 13.4. The molecular weight excluding hydrogens is 500 g/mol. The summed E-state index contributed by atoms with van der Waals surface area (Å²) in [6.07, 6.45) is 3.04. The second kappa shape index (κ2) is 14.9. The highest BCUT2D eigenvalue weighted by Gasteiger charge is 2.29. The lowest BCUT2D eigenvalue weighted by atomic mass is 10.0. The Bertz CT molecular complexity index is 1100. The van der Waals surface area contributed by atoms with Gasteiger partial charge in [-0.05, 0) is 42.5 Å². The van der Waals surface area contributed by atoms with Crippen molar-refractivity contribution in [3.8, 4) is 11.1 Å². The number of carbonyl (C=O) groups is 4. The van der Waals surface area contributed by atoms with Gasteiger partial charge in [0.25, 0.3) is 0 Å². The van der Waals surface area contributed by atoms with Gasteiger partial charge in [0.15, 0.2) is 0 Å². The van der Waals surface area contributed by atoms with Crippen molar-refractivity contribution in [2.24, 2.45) is 5.92 Å². The largest absolute Gasteiger partial charge is 0.481 e. The van der Waals surface area contributed by atoms with Gasteiger partial charge in [-0.25, -0.2) is 9.59 Å². The van der Waals surface area contributed by atoms with Crippen LogP contribution in [0.4, 0.5) is 4.79 Å². The van der Waals surface area contributed by atoms with Gasteiger partial charge in [-0.2, -0.15) is 0 Å². The zero-order valence-corrected chi connectivity index (χ0v) is 22.3. The Labute approximate surface area is 228 Å². The van der Waals surface area contributed by atoms with Crippen molar-refractivity contribution in [3.63, 3.8) is 0 Å². The molecule has 5 N–H and O–H groups in total. The van der Waals surface area contributed by atoms with Crippen molar-refractivity contribution in [3.05, 3.63) is 60.2 Å². The molecule has 0 spiro atoms. The molecule has 1 fully saturated rings. The first kappa shape index (κ1) is 29.6. The second-order valence-corrected chi connectivity index (χ2v) is 9.84. The number of hydrogen-bond donors (Lipinski definition) is 5. The van der Waals surface area contributed by atoms with Crippen molar-refractivity contribution in [2.45, 2.75) is 51.1 Å². The molecule has 2 aromatic rings. The van der Waals surface area contributed by atoms with Crippen LogP contribution in [0.15, 0.2) is 54.6 Å². The third-order valence-corrected chi connectivity index (χ3v) is 6.85. The summed E-state index contributed by atoms with van der Waals surface area (Å²) in [6, 6.07) is 15.1. The second-order valence-electron chi connectivity index (χ2n) is 9.84. The summed E-state index contributed by atoms with van der Waals surface area (Å²) in [7, 11) is 0. The molecular formula is C29H38N4O6. The van der Waals surface area contributed by atoms with E-state index in [1.807, 2.05) is 61.5 Å². The van der Waals surface area contributed by atoms with E-state index in [1.165, 1.54) is 4.90 Å². The normalized spacial score (nSPS) is 16.2. The number of carboxylic acid groups (broad SMARTS) is 2. The van der Waals surface area contributed by atoms with Gasteiger partial charge in [0.2, 0.25) is 5.91 Å². The van der Waals surface area contributed by atoms with Crippen molar-refractivity contribution >= 4 is 23.9 Å². The minimum absolute atomic E-state index is 0.0740. The van der Waals surface area contributed by atoms with E-state index in [-0.39, 0.29) is 38.0 Å². The predicted octanol–water partition coefficient (Wildman–Crippen LogP) is 2.73. The zero-order valence-electron chi connectivity index (χ0n) is 22.3. The summed E-state index contributed by atoms with van der Waals surface area (Å²) in [5.41, 5.74) is 2.79. The average molecular weight is 539 g/mol. The van der Waals surface area contributed by atoms with Gasteiger partial charge < -0.3 is 31.1 Å². The summed E-state index contributed by atoms with van der Waals surface area (Å²) in [4.78, 5) is 50.8. The molecule has 39 heavy (non-hydrogen) atoms. The van der Waals surface area contributed by atoms with E-state index in [0.29, 0.717) is 12.8 Å². The predicted molar refractivity (Wildman–Crippen MR) is 147 cm³/mol. The molecule has 1 saturated heterocycles. The lowest BCUT2D eigenvalue weighted by molar-refractivity contribution is -0.142. The fraction of sp³-hybridized carbons (Fsp3) is 0.448. The Hall–Kier alpha value is -3.92. The molecule has 0 aromatic heterocycles. The number of hydrogen-bond acceptors (Lipinski definition) is 5. The molecule has 0 radical (unpaired) electrons. The van der Waals surface area contributed by atoms with Gasteiger partial charge in [-0.3, -0.25) is 9.59 Å². The number of carbonyl (C=O) groups excluding carboxylic acids is 2. The number of nitrogens with one attached hydrogen (secondary N) is 3. The Balaban J connectivity index is 1.64. The standard InChI is InChI=1S/C29H38N4O6/c1-2-3-16-33(19-23(27(35)36)18-31-26(34)24-10-7-15-30-24)29(39)32-25(28(37)38)17-20-11-13-22(14-12-20)21-8-5-4-6-9-21/h4-6,8-9,11-14,23-25,30H,2-3,7,10,15-19H2,1H3,(H,31,34)(H,32,39)(H,35,36)(H,37,38)/t23-,24+,25+/m1/s1. The maximum Gasteiger partial charge on any atom is 0.326 e. The highest BCUT2D eigenvalue weighted by molar-refractivity contribution is 5.84. The van der Waals surface area contributed by atoms with Crippen LogP contribution in [0.5, 0.6) is 0 Å². The summed E-state index contributed by atoms with van der Waals surface area (Å²) in [5.74, 6) is -3.62. The SMILES string of the molecule is CCCCN(C[C@@H](CNC(=O)[C@@H]1CCCN1)C(=O)O)C(=O)N[C@@H](Cc1ccc(-c2ccccc2)cc1)C(=O)O. The van der Waals surface area contributed by atoms with E-state index in [4.69, 9.17) is 0 Å². The smallest absolute Gasteiger partial charge is 0.326 e. The van der Waals surface area contributed by atoms with E-state index in [1.54, 1.807) is 0 Å². The van der Waals surface area contributed by atoms with Crippen molar-refractivity contribution in [1.82, 2.24) is 20.9 Å². The third kappa shape index (κ3) is 9.10. The fourth-order valence-corrected chi connectivity index (χ4v) is 4.52. The molecule has 1 aliphatic rings. The number of unbranched alkanes of at least 4 members (excludes halogenated alkanes) is 1. The molecule has 2 aromatic carbocycles. The van der Waals surface area contributed by atoms with Gasteiger partial charge in [0.1, 0.15) is 6.04 Å². The Morgan fingerprint density at radius 1 is 1.00 bits per heavy atom. The lowest BCUT2D eigenvalue weighted by Crippen LogP contribution is -2.52. The summed E-state index contributed by atoms with van der Waals surface area (Å²) < 4.78 is 0. The van der Waals surface area contributed by atoms with Crippen LogP contribution in [0.25, 0.3) is 11.1 Å². The number of rotatable bonds is 14. The average Bonchev–Trinajstić information content (AvgIpc) is 3.48. The molecule has 0 bridgehead atoms. The van der Waals surface area contributed by atoms with Crippen LogP contribution in [0.1, 0.15) is 38.2 Å². The molecule has 0 aliphatic carbocycles. The Kier molecular flexibility index (Phi) is 11.3. The van der Waals surface area contributed by atoms with E-state index in [0.717, 1.165) is 36.1 Å². The van der Waals surface area contributed by atoms with Crippen LogP contribution < -0.4 is 16.0 Å². The van der Waals surface area contributed by atoms with E-state index in [2.05, 4.69) is 16.0 Å². The van der Waals surface area contributed by atoms with Crippen LogP contribution >= 0.6 is 0 Å². The molecule has 1 aliphatic heterocycles. The highest BCUT2D eigenvalue weighted by Crippen LogP contribution is 2.20. The zero-order chi connectivity index (χ0) is 28.2. The van der Waals surface area contributed by atoms with Crippen molar-refractivity contribution in [1.29, 1.82) is 0 Å². The fourth-order valence-electron chi connectivity index (χ4n) is 4.52. The van der Waals surface area contributed by atoms with Gasteiger partial charge in [-0.15, -0.1) is 0 Å². The van der Waals surface area contributed by atoms with Gasteiger partial charge in [-0.1, -0.05) is 67.9 Å². The van der Waals surface area contributed by atoms with Crippen molar-refractivity contribution in [2.75, 3.05) is 26.2 Å². The summed E-state index contributed by atoms with van der Waals surface area (Å²) in [5, 5.41) is 27.9. The molecule has 0 unspecified atom stereocenters. The number of amides is 3.